The maximum Gasteiger partial charge on any atom is 0.350 e. The Morgan fingerprint density at radius 3 is 2.50 bits per heavy atom. The average Bonchev–Trinajstić information content (AvgIpc) is 3.27. The Hall–Kier alpha value is -2.84. The molecule has 1 saturated carbocycles. The summed E-state index contributed by atoms with van der Waals surface area (Å²) in [4.78, 5) is 27.5. The highest BCUT2D eigenvalue weighted by Gasteiger charge is 2.22. The van der Waals surface area contributed by atoms with Gasteiger partial charge in [-0.25, -0.2) is 4.79 Å². The van der Waals surface area contributed by atoms with Crippen LogP contribution in [0.4, 0.5) is 5.69 Å². The van der Waals surface area contributed by atoms with E-state index in [0.717, 1.165) is 46.8 Å². The quantitative estimate of drug-likeness (QED) is 0.536. The van der Waals surface area contributed by atoms with Gasteiger partial charge in [-0.05, 0) is 68.1 Å². The van der Waals surface area contributed by atoms with E-state index < -0.39 is 0 Å². The van der Waals surface area contributed by atoms with Gasteiger partial charge in [-0.3, -0.25) is 9.36 Å². The summed E-state index contributed by atoms with van der Waals surface area (Å²) in [5.74, 6) is 0.0792. The summed E-state index contributed by atoms with van der Waals surface area (Å²) in [6.45, 7) is 1.30. The van der Waals surface area contributed by atoms with Gasteiger partial charge in [-0.15, -0.1) is 0 Å². The largest absolute Gasteiger partial charge is 0.381 e. The number of hydrogen-bond acceptors (Lipinski definition) is 5. The fraction of sp³-hybridized carbons (Fsp3) is 0.423. The summed E-state index contributed by atoms with van der Waals surface area (Å²) in [7, 11) is 0. The fourth-order valence-corrected chi connectivity index (χ4v) is 5.61. The molecule has 0 radical (unpaired) electrons. The highest BCUT2D eigenvalue weighted by molar-refractivity contribution is 7.99. The molecule has 1 amide bonds. The van der Waals surface area contributed by atoms with Crippen LogP contribution in [0.2, 0.25) is 0 Å². The average molecular weight is 479 g/mol. The summed E-state index contributed by atoms with van der Waals surface area (Å²) in [5, 5.41) is 7.41. The van der Waals surface area contributed by atoms with E-state index in [4.69, 9.17) is 4.74 Å². The minimum Gasteiger partial charge on any atom is -0.381 e. The second-order valence-corrected chi connectivity index (χ2v) is 10.2. The number of rotatable bonds is 6. The molecule has 178 valence electrons. The molecule has 1 saturated heterocycles. The minimum absolute atomic E-state index is 0.0163. The van der Waals surface area contributed by atoms with Gasteiger partial charge in [0.1, 0.15) is 6.33 Å². The second kappa shape index (κ2) is 10.6. The first-order valence-corrected chi connectivity index (χ1v) is 12.9. The molecule has 5 rings (SSSR count). The molecule has 2 heterocycles. The Bertz CT molecular complexity index is 1180. The lowest BCUT2D eigenvalue weighted by Gasteiger charge is -2.21. The molecule has 1 N–H and O–H groups in total. The van der Waals surface area contributed by atoms with E-state index in [1.165, 1.54) is 23.9 Å². The van der Waals surface area contributed by atoms with Gasteiger partial charge >= 0.3 is 5.69 Å². The zero-order chi connectivity index (χ0) is 23.3. The van der Waals surface area contributed by atoms with E-state index in [9.17, 15) is 9.59 Å². The van der Waals surface area contributed by atoms with E-state index in [1.807, 2.05) is 48.5 Å². The molecule has 7 nitrogen and oxygen atoms in total. The predicted molar refractivity (Wildman–Crippen MR) is 133 cm³/mol. The van der Waals surface area contributed by atoms with E-state index in [2.05, 4.69) is 10.4 Å². The molecule has 2 fully saturated rings. The molecule has 0 bridgehead atoms. The smallest absolute Gasteiger partial charge is 0.350 e. The topological polar surface area (TPSA) is 78.2 Å². The van der Waals surface area contributed by atoms with Gasteiger partial charge in [-0.1, -0.05) is 37.1 Å². The Morgan fingerprint density at radius 2 is 1.74 bits per heavy atom. The number of nitrogens with zero attached hydrogens (tertiary/aromatic N) is 3. The first-order chi connectivity index (χ1) is 16.7. The van der Waals surface area contributed by atoms with Gasteiger partial charge in [0, 0.05) is 40.7 Å². The molecular weight excluding hydrogens is 448 g/mol. The maximum absolute atomic E-state index is 12.9. The van der Waals surface area contributed by atoms with Crippen LogP contribution in [0.25, 0.3) is 5.69 Å². The Kier molecular flexibility index (Phi) is 7.16. The summed E-state index contributed by atoms with van der Waals surface area (Å²) >= 11 is 1.62. The monoisotopic (exact) mass is 478 g/mol. The third-order valence-electron chi connectivity index (χ3n) is 6.67. The Balaban J connectivity index is 1.24. The standard InChI is InChI=1S/C26H30N4O3S/c31-25(19-13-15-33-16-14-19)28-20-5-4-8-24(17-20)34-23-11-9-22(10-12-23)30-26(32)29(18-27-30)21-6-2-1-3-7-21/h4-5,8-12,17-19,21H,1-3,6-7,13-16H2,(H,28,31). The van der Waals surface area contributed by atoms with Crippen molar-refractivity contribution < 1.29 is 9.53 Å². The zero-order valence-electron chi connectivity index (χ0n) is 19.2. The van der Waals surface area contributed by atoms with Crippen molar-refractivity contribution in [2.45, 2.75) is 60.8 Å². The third-order valence-corrected chi connectivity index (χ3v) is 7.67. The van der Waals surface area contributed by atoms with Crippen LogP contribution in [-0.4, -0.2) is 33.5 Å². The predicted octanol–water partition coefficient (Wildman–Crippen LogP) is 5.06. The molecular formula is C26H30N4O3S. The van der Waals surface area contributed by atoms with Crippen molar-refractivity contribution in [3.8, 4) is 5.69 Å². The SMILES string of the molecule is O=C(Nc1cccc(Sc2ccc(-n3ncn(C4CCCCC4)c3=O)cc2)c1)C1CCOCC1. The lowest BCUT2D eigenvalue weighted by Crippen LogP contribution is -2.28. The van der Waals surface area contributed by atoms with Crippen molar-refractivity contribution in [1.29, 1.82) is 0 Å². The van der Waals surface area contributed by atoms with Gasteiger partial charge in [0.25, 0.3) is 0 Å². The molecule has 0 unspecified atom stereocenters. The number of hydrogen-bond donors (Lipinski definition) is 1. The number of benzene rings is 2. The van der Waals surface area contributed by atoms with Gasteiger partial charge < -0.3 is 10.1 Å². The minimum atomic E-state index is -0.0692. The van der Waals surface area contributed by atoms with Crippen molar-refractivity contribution in [1.82, 2.24) is 14.3 Å². The van der Waals surface area contributed by atoms with E-state index >= 15 is 0 Å². The van der Waals surface area contributed by atoms with Crippen molar-refractivity contribution in [2.24, 2.45) is 5.92 Å². The number of carbonyl (C=O) groups is 1. The van der Waals surface area contributed by atoms with Gasteiger partial charge in [0.2, 0.25) is 5.91 Å². The lowest BCUT2D eigenvalue weighted by molar-refractivity contribution is -0.122. The Labute approximate surface area is 203 Å². The number of carbonyl (C=O) groups excluding carboxylic acids is 1. The highest BCUT2D eigenvalue weighted by atomic mass is 32.2. The summed E-state index contributed by atoms with van der Waals surface area (Å²) in [6.07, 6.45) is 8.93. The van der Waals surface area contributed by atoms with Crippen molar-refractivity contribution in [2.75, 3.05) is 18.5 Å². The Morgan fingerprint density at radius 1 is 0.971 bits per heavy atom. The maximum atomic E-state index is 12.9. The first kappa shape index (κ1) is 22.9. The summed E-state index contributed by atoms with van der Waals surface area (Å²) < 4.78 is 8.63. The summed E-state index contributed by atoms with van der Waals surface area (Å²) in [6, 6.07) is 16.0. The number of nitrogens with one attached hydrogen (secondary N) is 1. The van der Waals surface area contributed by atoms with Gasteiger partial charge in [0.05, 0.1) is 5.69 Å². The molecule has 1 aliphatic heterocycles. The molecule has 1 aliphatic carbocycles. The first-order valence-electron chi connectivity index (χ1n) is 12.1. The normalized spacial score (nSPS) is 17.5. The van der Waals surface area contributed by atoms with E-state index in [0.29, 0.717) is 13.2 Å². The molecule has 1 aromatic heterocycles. The zero-order valence-corrected chi connectivity index (χ0v) is 20.0. The number of ether oxygens (including phenoxy) is 1. The third kappa shape index (κ3) is 5.28. The number of aromatic nitrogens is 3. The molecule has 3 aromatic rings. The highest BCUT2D eigenvalue weighted by Crippen LogP contribution is 2.31. The van der Waals surface area contributed by atoms with Crippen molar-refractivity contribution >= 4 is 23.4 Å². The van der Waals surface area contributed by atoms with Crippen LogP contribution < -0.4 is 11.0 Å². The number of anilines is 1. The van der Waals surface area contributed by atoms with Crippen LogP contribution in [-0.2, 0) is 9.53 Å². The van der Waals surface area contributed by atoms with Gasteiger partial charge in [0.15, 0.2) is 0 Å². The molecule has 8 heteroatoms. The van der Waals surface area contributed by atoms with Crippen LogP contribution in [0.5, 0.6) is 0 Å². The van der Waals surface area contributed by atoms with Crippen LogP contribution in [0.15, 0.2) is 69.4 Å². The molecule has 2 aromatic carbocycles. The van der Waals surface area contributed by atoms with Crippen molar-refractivity contribution in [3.05, 3.63) is 65.3 Å². The van der Waals surface area contributed by atoms with Crippen LogP contribution in [0, 0.1) is 5.92 Å². The second-order valence-electron chi connectivity index (χ2n) is 9.02. The molecule has 0 atom stereocenters. The summed E-state index contributed by atoms with van der Waals surface area (Å²) in [5.41, 5.74) is 1.50. The molecule has 34 heavy (non-hydrogen) atoms. The number of amides is 1. The van der Waals surface area contributed by atoms with E-state index in [-0.39, 0.29) is 23.6 Å². The van der Waals surface area contributed by atoms with E-state index in [1.54, 1.807) is 22.7 Å². The molecule has 2 aliphatic rings. The van der Waals surface area contributed by atoms with Crippen LogP contribution in [0.3, 0.4) is 0 Å². The van der Waals surface area contributed by atoms with Crippen LogP contribution in [0.1, 0.15) is 51.0 Å². The lowest BCUT2D eigenvalue weighted by atomic mass is 9.95. The molecule has 0 spiro atoms. The van der Waals surface area contributed by atoms with Crippen molar-refractivity contribution in [3.63, 3.8) is 0 Å². The van der Waals surface area contributed by atoms with Crippen LogP contribution >= 0.6 is 11.8 Å². The van der Waals surface area contributed by atoms with Gasteiger partial charge in [-0.2, -0.15) is 9.78 Å². The fourth-order valence-electron chi connectivity index (χ4n) is 4.74.